The van der Waals surface area contributed by atoms with Gasteiger partial charge in [0.05, 0.1) is 20.3 Å². The van der Waals surface area contributed by atoms with Gasteiger partial charge in [0, 0.05) is 16.1 Å². The number of benzene rings is 2. The first-order chi connectivity index (χ1) is 9.58. The molecule has 0 spiro atoms. The highest BCUT2D eigenvalue weighted by Crippen LogP contribution is 2.35. The van der Waals surface area contributed by atoms with Crippen molar-refractivity contribution in [1.29, 1.82) is 0 Å². The van der Waals surface area contributed by atoms with E-state index in [1.54, 1.807) is 14.2 Å². The van der Waals surface area contributed by atoms with E-state index in [0.29, 0.717) is 0 Å². The van der Waals surface area contributed by atoms with E-state index in [4.69, 9.17) is 15.2 Å². The lowest BCUT2D eigenvalue weighted by Crippen LogP contribution is -2.14. The van der Waals surface area contributed by atoms with Crippen LogP contribution in [-0.2, 0) is 0 Å². The standard InChI is InChI=1S/C16H18BrNO2/c1-10-5-4-6-13(15(10)17)16(18)12-8-7-11(19-2)9-14(12)20-3/h4-9,16H,18H2,1-3H3. The van der Waals surface area contributed by atoms with Crippen molar-refractivity contribution in [2.75, 3.05) is 14.2 Å². The normalized spacial score (nSPS) is 12.1. The summed E-state index contributed by atoms with van der Waals surface area (Å²) in [5, 5.41) is 0. The number of aryl methyl sites for hydroxylation is 1. The number of methoxy groups -OCH3 is 2. The maximum absolute atomic E-state index is 6.40. The highest BCUT2D eigenvalue weighted by atomic mass is 79.9. The van der Waals surface area contributed by atoms with Gasteiger partial charge in [-0.2, -0.15) is 0 Å². The molecule has 2 N–H and O–H groups in total. The van der Waals surface area contributed by atoms with Crippen LogP contribution < -0.4 is 15.2 Å². The van der Waals surface area contributed by atoms with Gasteiger partial charge in [-0.3, -0.25) is 0 Å². The molecule has 2 rings (SSSR count). The average Bonchev–Trinajstić information content (AvgIpc) is 2.48. The van der Waals surface area contributed by atoms with E-state index in [2.05, 4.69) is 15.9 Å². The van der Waals surface area contributed by atoms with Crippen LogP contribution in [0.15, 0.2) is 40.9 Å². The lowest BCUT2D eigenvalue weighted by Gasteiger charge is -2.19. The number of ether oxygens (including phenoxy) is 2. The molecule has 1 unspecified atom stereocenters. The Kier molecular flexibility index (Phi) is 4.68. The second-order valence-electron chi connectivity index (χ2n) is 4.56. The van der Waals surface area contributed by atoms with Crippen molar-refractivity contribution >= 4 is 15.9 Å². The van der Waals surface area contributed by atoms with Crippen LogP contribution in [0, 0.1) is 6.92 Å². The summed E-state index contributed by atoms with van der Waals surface area (Å²) in [6.45, 7) is 2.05. The van der Waals surface area contributed by atoms with Crippen LogP contribution in [0.25, 0.3) is 0 Å². The topological polar surface area (TPSA) is 44.5 Å². The summed E-state index contributed by atoms with van der Waals surface area (Å²) in [4.78, 5) is 0. The van der Waals surface area contributed by atoms with Crippen molar-refractivity contribution in [3.05, 3.63) is 57.6 Å². The number of halogens is 1. The fourth-order valence-electron chi connectivity index (χ4n) is 2.15. The zero-order chi connectivity index (χ0) is 14.7. The molecule has 0 aromatic heterocycles. The predicted molar refractivity (Wildman–Crippen MR) is 84.5 cm³/mol. The first kappa shape index (κ1) is 14.9. The quantitative estimate of drug-likeness (QED) is 0.923. The molecule has 3 nitrogen and oxygen atoms in total. The Morgan fingerprint density at radius 1 is 1.05 bits per heavy atom. The zero-order valence-electron chi connectivity index (χ0n) is 11.8. The van der Waals surface area contributed by atoms with E-state index in [0.717, 1.165) is 32.7 Å². The molecular formula is C16H18BrNO2. The smallest absolute Gasteiger partial charge is 0.127 e. The van der Waals surface area contributed by atoms with E-state index in [9.17, 15) is 0 Å². The van der Waals surface area contributed by atoms with Gasteiger partial charge in [-0.25, -0.2) is 0 Å². The van der Waals surface area contributed by atoms with Crippen molar-refractivity contribution in [2.24, 2.45) is 5.73 Å². The predicted octanol–water partition coefficient (Wildman–Crippen LogP) is 3.82. The third-order valence-corrected chi connectivity index (χ3v) is 4.42. The highest BCUT2D eigenvalue weighted by molar-refractivity contribution is 9.10. The first-order valence-corrected chi connectivity index (χ1v) is 7.10. The van der Waals surface area contributed by atoms with Gasteiger partial charge in [-0.1, -0.05) is 34.1 Å². The Balaban J connectivity index is 2.47. The molecule has 0 aliphatic heterocycles. The van der Waals surface area contributed by atoms with Gasteiger partial charge < -0.3 is 15.2 Å². The maximum Gasteiger partial charge on any atom is 0.127 e. The minimum absolute atomic E-state index is 0.259. The fraction of sp³-hybridized carbons (Fsp3) is 0.250. The third-order valence-electron chi connectivity index (χ3n) is 3.33. The van der Waals surface area contributed by atoms with Crippen LogP contribution in [0.2, 0.25) is 0 Å². The largest absolute Gasteiger partial charge is 0.497 e. The Labute approximate surface area is 127 Å². The molecule has 0 saturated heterocycles. The summed E-state index contributed by atoms with van der Waals surface area (Å²) in [5.74, 6) is 1.48. The molecule has 4 heteroatoms. The first-order valence-electron chi connectivity index (χ1n) is 6.31. The summed E-state index contributed by atoms with van der Waals surface area (Å²) < 4.78 is 11.7. The summed E-state index contributed by atoms with van der Waals surface area (Å²) in [6.07, 6.45) is 0. The Morgan fingerprint density at radius 3 is 2.45 bits per heavy atom. The SMILES string of the molecule is COc1ccc(C(N)c2cccc(C)c2Br)c(OC)c1. The minimum atomic E-state index is -0.259. The van der Waals surface area contributed by atoms with E-state index in [1.807, 2.05) is 43.3 Å². The molecule has 0 bridgehead atoms. The summed E-state index contributed by atoms with van der Waals surface area (Å²) in [5.41, 5.74) is 9.53. The van der Waals surface area contributed by atoms with Crippen molar-refractivity contribution in [3.8, 4) is 11.5 Å². The van der Waals surface area contributed by atoms with Crippen molar-refractivity contribution in [3.63, 3.8) is 0 Å². The number of nitrogens with two attached hydrogens (primary N) is 1. The Hall–Kier alpha value is -1.52. The third kappa shape index (κ3) is 2.81. The van der Waals surface area contributed by atoms with Gasteiger partial charge >= 0.3 is 0 Å². The summed E-state index contributed by atoms with van der Waals surface area (Å²) >= 11 is 3.61. The van der Waals surface area contributed by atoms with Crippen LogP contribution in [-0.4, -0.2) is 14.2 Å². The van der Waals surface area contributed by atoms with E-state index >= 15 is 0 Å². The van der Waals surface area contributed by atoms with Crippen LogP contribution in [0.1, 0.15) is 22.7 Å². The van der Waals surface area contributed by atoms with Crippen LogP contribution in [0.4, 0.5) is 0 Å². The number of hydrogen-bond acceptors (Lipinski definition) is 3. The van der Waals surface area contributed by atoms with Crippen molar-refractivity contribution < 1.29 is 9.47 Å². The Bertz CT molecular complexity index is 613. The van der Waals surface area contributed by atoms with Crippen LogP contribution >= 0.6 is 15.9 Å². The van der Waals surface area contributed by atoms with Crippen LogP contribution in [0.5, 0.6) is 11.5 Å². The van der Waals surface area contributed by atoms with Gasteiger partial charge in [-0.15, -0.1) is 0 Å². The molecule has 106 valence electrons. The molecule has 0 saturated carbocycles. The van der Waals surface area contributed by atoms with Gasteiger partial charge in [0.15, 0.2) is 0 Å². The summed E-state index contributed by atoms with van der Waals surface area (Å²) in [6, 6.07) is 11.5. The molecule has 1 atom stereocenters. The lowest BCUT2D eigenvalue weighted by molar-refractivity contribution is 0.390. The van der Waals surface area contributed by atoms with E-state index in [1.165, 1.54) is 0 Å². The van der Waals surface area contributed by atoms with E-state index in [-0.39, 0.29) is 6.04 Å². The van der Waals surface area contributed by atoms with E-state index < -0.39 is 0 Å². The fourth-order valence-corrected chi connectivity index (χ4v) is 2.66. The van der Waals surface area contributed by atoms with Gasteiger partial charge in [0.2, 0.25) is 0 Å². The average molecular weight is 336 g/mol. The molecule has 2 aromatic rings. The molecule has 2 aromatic carbocycles. The summed E-state index contributed by atoms with van der Waals surface area (Å²) in [7, 11) is 3.27. The van der Waals surface area contributed by atoms with Crippen molar-refractivity contribution in [2.45, 2.75) is 13.0 Å². The molecule has 20 heavy (non-hydrogen) atoms. The monoisotopic (exact) mass is 335 g/mol. The molecule has 0 amide bonds. The molecule has 0 fully saturated rings. The molecule has 0 radical (unpaired) electrons. The number of rotatable bonds is 4. The maximum atomic E-state index is 6.40. The molecular weight excluding hydrogens is 318 g/mol. The zero-order valence-corrected chi connectivity index (χ0v) is 13.4. The Morgan fingerprint density at radius 2 is 1.80 bits per heavy atom. The second kappa shape index (κ2) is 6.29. The van der Waals surface area contributed by atoms with Crippen molar-refractivity contribution in [1.82, 2.24) is 0 Å². The van der Waals surface area contributed by atoms with Gasteiger partial charge in [0.1, 0.15) is 11.5 Å². The van der Waals surface area contributed by atoms with Gasteiger partial charge in [0.25, 0.3) is 0 Å². The lowest BCUT2D eigenvalue weighted by atomic mass is 9.97. The molecule has 0 heterocycles. The molecule has 0 aliphatic rings. The number of hydrogen-bond donors (Lipinski definition) is 1. The molecule has 0 aliphatic carbocycles. The van der Waals surface area contributed by atoms with Gasteiger partial charge in [-0.05, 0) is 30.2 Å². The second-order valence-corrected chi connectivity index (χ2v) is 5.36. The minimum Gasteiger partial charge on any atom is -0.497 e. The van der Waals surface area contributed by atoms with Crippen LogP contribution in [0.3, 0.4) is 0 Å². The highest BCUT2D eigenvalue weighted by Gasteiger charge is 2.17.